The molecule has 5 rings (SSSR count). The van der Waals surface area contributed by atoms with Crippen LogP contribution in [0.25, 0.3) is 16.9 Å². The number of rotatable bonds is 4. The van der Waals surface area contributed by atoms with Crippen LogP contribution in [0, 0.1) is 12.8 Å². The molecule has 1 fully saturated rings. The Labute approximate surface area is 185 Å². The second-order valence-corrected chi connectivity index (χ2v) is 8.20. The number of benzene rings is 1. The van der Waals surface area contributed by atoms with Crippen LogP contribution in [-0.4, -0.2) is 39.2 Å². The van der Waals surface area contributed by atoms with E-state index in [-0.39, 0.29) is 17.7 Å². The lowest BCUT2D eigenvalue weighted by Crippen LogP contribution is -2.43. The first-order chi connectivity index (χ1) is 15.6. The van der Waals surface area contributed by atoms with Crippen LogP contribution in [0.2, 0.25) is 0 Å². The first-order valence-electron chi connectivity index (χ1n) is 10.8. The summed E-state index contributed by atoms with van der Waals surface area (Å²) in [5, 5.41) is 3.13. The summed E-state index contributed by atoms with van der Waals surface area (Å²) in [6.45, 7) is 3.03. The van der Waals surface area contributed by atoms with Crippen LogP contribution in [0.5, 0.6) is 0 Å². The van der Waals surface area contributed by atoms with E-state index in [9.17, 15) is 9.59 Å². The van der Waals surface area contributed by atoms with Crippen molar-refractivity contribution >= 4 is 23.3 Å². The number of nitrogens with one attached hydrogen (secondary N) is 1. The third kappa shape index (κ3) is 3.77. The van der Waals surface area contributed by atoms with Gasteiger partial charge in [-0.1, -0.05) is 36.4 Å². The predicted molar refractivity (Wildman–Crippen MR) is 121 cm³/mol. The van der Waals surface area contributed by atoms with Crippen molar-refractivity contribution < 1.29 is 14.0 Å². The summed E-state index contributed by atoms with van der Waals surface area (Å²) < 4.78 is 6.96. The van der Waals surface area contributed by atoms with Gasteiger partial charge in [0.15, 0.2) is 0 Å². The third-order valence-electron chi connectivity index (χ3n) is 5.90. The van der Waals surface area contributed by atoms with Gasteiger partial charge in [0.1, 0.15) is 23.4 Å². The van der Waals surface area contributed by atoms with Gasteiger partial charge >= 0.3 is 0 Å². The van der Waals surface area contributed by atoms with Crippen LogP contribution in [-0.2, 0) is 4.79 Å². The molecule has 7 nitrogen and oxygen atoms in total. The van der Waals surface area contributed by atoms with Gasteiger partial charge in [-0.3, -0.25) is 14.0 Å². The highest BCUT2D eigenvalue weighted by Gasteiger charge is 2.30. The number of amides is 2. The van der Waals surface area contributed by atoms with E-state index in [0.29, 0.717) is 24.5 Å². The molecule has 1 unspecified atom stereocenters. The van der Waals surface area contributed by atoms with Crippen molar-refractivity contribution in [3.8, 4) is 11.3 Å². The normalized spacial score (nSPS) is 16.3. The average molecular weight is 428 g/mol. The van der Waals surface area contributed by atoms with E-state index < -0.39 is 0 Å². The minimum absolute atomic E-state index is 0.102. The fraction of sp³-hybridized carbons (Fsp3) is 0.240. The number of imidazole rings is 1. The number of carbonyl (C=O) groups is 2. The second kappa shape index (κ2) is 8.34. The lowest BCUT2D eigenvalue weighted by Gasteiger charge is -2.31. The zero-order chi connectivity index (χ0) is 22.1. The Morgan fingerprint density at radius 2 is 1.97 bits per heavy atom. The monoisotopic (exact) mass is 428 g/mol. The molecule has 1 aromatic carbocycles. The van der Waals surface area contributed by atoms with Crippen molar-refractivity contribution in [1.82, 2.24) is 14.3 Å². The number of hydrogen-bond acceptors (Lipinski definition) is 4. The molecule has 32 heavy (non-hydrogen) atoms. The molecule has 1 saturated heterocycles. The van der Waals surface area contributed by atoms with E-state index in [1.807, 2.05) is 60.0 Å². The van der Waals surface area contributed by atoms with Crippen LogP contribution >= 0.6 is 0 Å². The van der Waals surface area contributed by atoms with Gasteiger partial charge in [-0.25, -0.2) is 4.98 Å². The summed E-state index contributed by atoms with van der Waals surface area (Å²) in [5.41, 5.74) is 4.01. The molecule has 3 aromatic heterocycles. The Balaban J connectivity index is 1.43. The highest BCUT2D eigenvalue weighted by molar-refractivity contribution is 5.97. The van der Waals surface area contributed by atoms with E-state index in [0.717, 1.165) is 35.3 Å². The molecule has 4 aromatic rings. The number of hydrogen-bond donors (Lipinski definition) is 1. The number of piperidine rings is 1. The molecule has 2 amide bonds. The minimum Gasteiger partial charge on any atom is -0.472 e. The maximum Gasteiger partial charge on any atom is 0.257 e. The van der Waals surface area contributed by atoms with E-state index in [1.165, 1.54) is 12.5 Å². The Hall–Kier alpha value is -3.87. The van der Waals surface area contributed by atoms with Gasteiger partial charge < -0.3 is 14.6 Å². The molecule has 1 aliphatic rings. The molecular weight excluding hydrogens is 404 g/mol. The number of fused-ring (bicyclic) bond motifs is 1. The summed E-state index contributed by atoms with van der Waals surface area (Å²) in [5.74, 6) is 0.151. The molecule has 0 saturated carbocycles. The van der Waals surface area contributed by atoms with Gasteiger partial charge in [0.25, 0.3) is 5.91 Å². The van der Waals surface area contributed by atoms with Gasteiger partial charge in [0, 0.05) is 24.8 Å². The molecule has 0 radical (unpaired) electrons. The van der Waals surface area contributed by atoms with Crippen LogP contribution in [0.15, 0.2) is 71.7 Å². The van der Waals surface area contributed by atoms with Gasteiger partial charge in [0.05, 0.1) is 17.7 Å². The largest absolute Gasteiger partial charge is 0.472 e. The van der Waals surface area contributed by atoms with E-state index in [4.69, 9.17) is 9.40 Å². The van der Waals surface area contributed by atoms with E-state index in [2.05, 4.69) is 5.32 Å². The van der Waals surface area contributed by atoms with Gasteiger partial charge in [0.2, 0.25) is 5.91 Å². The van der Waals surface area contributed by atoms with Crippen molar-refractivity contribution in [2.45, 2.75) is 19.8 Å². The lowest BCUT2D eigenvalue weighted by atomic mass is 9.96. The molecule has 1 N–H and O–H groups in total. The Morgan fingerprint density at radius 1 is 1.12 bits per heavy atom. The number of likely N-dealkylation sites (tertiary alicyclic amines) is 1. The number of pyridine rings is 1. The topological polar surface area (TPSA) is 79.8 Å². The number of aryl methyl sites for hydroxylation is 1. The number of carbonyl (C=O) groups excluding carboxylic acids is 2. The van der Waals surface area contributed by atoms with Gasteiger partial charge in [-0.05, 0) is 37.5 Å². The molecule has 0 bridgehead atoms. The van der Waals surface area contributed by atoms with Crippen molar-refractivity contribution in [1.29, 1.82) is 0 Å². The molecular formula is C25H24N4O3. The van der Waals surface area contributed by atoms with Crippen LogP contribution in [0.3, 0.4) is 0 Å². The maximum atomic E-state index is 13.3. The number of nitrogens with zero attached hydrogens (tertiary/aromatic N) is 3. The SMILES string of the molecule is Cc1ccc2nc(-c3ccccc3)c(NC(=O)C3CCCN(C(=O)c4ccoc4)C3)n2c1. The van der Waals surface area contributed by atoms with Crippen molar-refractivity contribution in [2.24, 2.45) is 5.92 Å². The zero-order valence-corrected chi connectivity index (χ0v) is 17.8. The Bertz CT molecular complexity index is 1260. The smallest absolute Gasteiger partial charge is 0.257 e. The number of aromatic nitrogens is 2. The van der Waals surface area contributed by atoms with Crippen LogP contribution in [0.4, 0.5) is 5.82 Å². The molecule has 4 heterocycles. The predicted octanol–water partition coefficient (Wildman–Crippen LogP) is 4.39. The fourth-order valence-corrected chi connectivity index (χ4v) is 4.23. The minimum atomic E-state index is -0.293. The molecule has 7 heteroatoms. The highest BCUT2D eigenvalue weighted by Crippen LogP contribution is 2.30. The third-order valence-corrected chi connectivity index (χ3v) is 5.90. The quantitative estimate of drug-likeness (QED) is 0.523. The second-order valence-electron chi connectivity index (χ2n) is 8.20. The van der Waals surface area contributed by atoms with Gasteiger partial charge in [-0.15, -0.1) is 0 Å². The zero-order valence-electron chi connectivity index (χ0n) is 17.8. The molecule has 0 spiro atoms. The Kier molecular flexibility index (Phi) is 5.23. The highest BCUT2D eigenvalue weighted by atomic mass is 16.3. The first kappa shape index (κ1) is 20.1. The maximum absolute atomic E-state index is 13.3. The molecule has 1 aliphatic heterocycles. The summed E-state index contributed by atoms with van der Waals surface area (Å²) in [6.07, 6.45) is 6.41. The van der Waals surface area contributed by atoms with Crippen molar-refractivity contribution in [2.75, 3.05) is 18.4 Å². The molecule has 162 valence electrons. The average Bonchev–Trinajstić information content (AvgIpc) is 3.48. The Morgan fingerprint density at radius 3 is 2.75 bits per heavy atom. The summed E-state index contributed by atoms with van der Waals surface area (Å²) in [7, 11) is 0. The van der Waals surface area contributed by atoms with Crippen LogP contribution < -0.4 is 5.32 Å². The summed E-state index contributed by atoms with van der Waals surface area (Å²) >= 11 is 0. The lowest BCUT2D eigenvalue weighted by molar-refractivity contribution is -0.121. The number of furan rings is 1. The standard InChI is InChI=1S/C25H24N4O3/c1-17-9-10-21-26-22(18-6-3-2-4-7-18)23(29(21)14-17)27-24(30)19-8-5-12-28(15-19)25(31)20-11-13-32-16-20/h2-4,6-7,9-11,13-14,16,19H,5,8,12,15H2,1H3,(H,27,30). The first-order valence-corrected chi connectivity index (χ1v) is 10.8. The summed E-state index contributed by atoms with van der Waals surface area (Å²) in [6, 6.07) is 15.4. The number of anilines is 1. The molecule has 0 aliphatic carbocycles. The van der Waals surface area contributed by atoms with Crippen LogP contribution in [0.1, 0.15) is 28.8 Å². The van der Waals surface area contributed by atoms with E-state index >= 15 is 0 Å². The van der Waals surface area contributed by atoms with E-state index in [1.54, 1.807) is 11.0 Å². The molecule has 1 atom stereocenters. The van der Waals surface area contributed by atoms with Crippen molar-refractivity contribution in [3.05, 3.63) is 78.4 Å². The fourth-order valence-electron chi connectivity index (χ4n) is 4.23. The summed E-state index contributed by atoms with van der Waals surface area (Å²) in [4.78, 5) is 32.5. The van der Waals surface area contributed by atoms with Gasteiger partial charge in [-0.2, -0.15) is 0 Å². The van der Waals surface area contributed by atoms with Crippen molar-refractivity contribution in [3.63, 3.8) is 0 Å².